The minimum Gasteiger partial charge on any atom is -0.349 e. The molecular formula is C20H15F5N2O2. The van der Waals surface area contributed by atoms with Crippen LogP contribution in [0.2, 0.25) is 0 Å². The standard InChI is InChI=1S/C20H15F5N2O2/c1-10(12-7-6-11(21)8-15(12)22)26-17(28)9-14-18(20(23,24)25)13-4-2-3-5-16(13)27-19(14)29/h2-8,10H,9H2,1H3,(H,26,28)(H,27,29)/t10-/m0/s1. The van der Waals surface area contributed by atoms with E-state index in [1.54, 1.807) is 0 Å². The number of fused-ring (bicyclic) bond motifs is 1. The Hall–Kier alpha value is -3.23. The van der Waals surface area contributed by atoms with Gasteiger partial charge in [0.1, 0.15) is 11.6 Å². The predicted molar refractivity (Wildman–Crippen MR) is 96.2 cm³/mol. The predicted octanol–water partition coefficient (Wildman–Crippen LogP) is 4.25. The number of alkyl halides is 3. The van der Waals surface area contributed by atoms with Gasteiger partial charge in [0.25, 0.3) is 5.56 Å². The summed E-state index contributed by atoms with van der Waals surface area (Å²) < 4.78 is 67.8. The molecule has 0 saturated heterocycles. The maximum absolute atomic E-state index is 13.8. The lowest BCUT2D eigenvalue weighted by atomic mass is 10.00. The van der Waals surface area contributed by atoms with Gasteiger partial charge in [0.15, 0.2) is 0 Å². The van der Waals surface area contributed by atoms with E-state index in [2.05, 4.69) is 10.3 Å². The molecule has 4 nitrogen and oxygen atoms in total. The number of para-hydroxylation sites is 1. The molecule has 2 N–H and O–H groups in total. The van der Waals surface area contributed by atoms with E-state index in [1.165, 1.54) is 31.2 Å². The van der Waals surface area contributed by atoms with Gasteiger partial charge >= 0.3 is 6.18 Å². The van der Waals surface area contributed by atoms with E-state index in [0.29, 0.717) is 6.07 Å². The number of hydrogen-bond donors (Lipinski definition) is 2. The first-order valence-electron chi connectivity index (χ1n) is 8.53. The van der Waals surface area contributed by atoms with Gasteiger partial charge in [-0.2, -0.15) is 13.2 Å². The van der Waals surface area contributed by atoms with Crippen molar-refractivity contribution < 1.29 is 26.7 Å². The lowest BCUT2D eigenvalue weighted by molar-refractivity contribution is -0.137. The van der Waals surface area contributed by atoms with Crippen LogP contribution in [-0.2, 0) is 17.4 Å². The van der Waals surface area contributed by atoms with Crippen molar-refractivity contribution in [2.75, 3.05) is 0 Å². The first-order valence-corrected chi connectivity index (χ1v) is 8.53. The molecule has 152 valence electrons. The fourth-order valence-corrected chi connectivity index (χ4v) is 3.16. The van der Waals surface area contributed by atoms with Gasteiger partial charge in [-0.15, -0.1) is 0 Å². The summed E-state index contributed by atoms with van der Waals surface area (Å²) in [7, 11) is 0. The van der Waals surface area contributed by atoms with Gasteiger partial charge in [-0.3, -0.25) is 9.59 Å². The first-order chi connectivity index (χ1) is 13.6. The van der Waals surface area contributed by atoms with E-state index in [0.717, 1.165) is 12.1 Å². The largest absolute Gasteiger partial charge is 0.417 e. The number of amides is 1. The number of H-pyrrole nitrogens is 1. The molecule has 3 aromatic rings. The minimum absolute atomic E-state index is 0.00395. The van der Waals surface area contributed by atoms with Crippen molar-refractivity contribution >= 4 is 16.8 Å². The SMILES string of the molecule is C[C@H](NC(=O)Cc1c(C(F)(F)F)c2ccccc2[nH]c1=O)c1ccc(F)cc1F. The van der Waals surface area contributed by atoms with Crippen LogP contribution >= 0.6 is 0 Å². The second kappa shape index (κ2) is 7.65. The Morgan fingerprint density at radius 3 is 2.48 bits per heavy atom. The summed E-state index contributed by atoms with van der Waals surface area (Å²) in [4.78, 5) is 26.9. The highest BCUT2D eigenvalue weighted by Crippen LogP contribution is 2.35. The van der Waals surface area contributed by atoms with Crippen LogP contribution in [0.25, 0.3) is 10.9 Å². The molecule has 0 bridgehead atoms. The van der Waals surface area contributed by atoms with Crippen molar-refractivity contribution in [3.05, 3.63) is 81.1 Å². The Balaban J connectivity index is 1.94. The minimum atomic E-state index is -4.86. The van der Waals surface area contributed by atoms with Crippen molar-refractivity contribution in [1.82, 2.24) is 10.3 Å². The van der Waals surface area contributed by atoms with Crippen LogP contribution in [-0.4, -0.2) is 10.9 Å². The van der Waals surface area contributed by atoms with Crippen LogP contribution in [0.15, 0.2) is 47.3 Å². The van der Waals surface area contributed by atoms with Crippen molar-refractivity contribution in [3.8, 4) is 0 Å². The Morgan fingerprint density at radius 2 is 1.83 bits per heavy atom. The number of aromatic amines is 1. The van der Waals surface area contributed by atoms with Gasteiger partial charge in [0.2, 0.25) is 5.91 Å². The molecule has 0 aliphatic rings. The van der Waals surface area contributed by atoms with Gasteiger partial charge in [-0.25, -0.2) is 8.78 Å². The molecule has 0 aliphatic carbocycles. The second-order valence-electron chi connectivity index (χ2n) is 6.48. The molecule has 2 aromatic carbocycles. The number of nitrogens with one attached hydrogen (secondary N) is 2. The number of pyridine rings is 1. The van der Waals surface area contributed by atoms with Crippen molar-refractivity contribution in [2.24, 2.45) is 0 Å². The molecule has 1 amide bonds. The Kier molecular flexibility index (Phi) is 5.41. The number of hydrogen-bond acceptors (Lipinski definition) is 2. The summed E-state index contributed by atoms with van der Waals surface area (Å²) in [6.45, 7) is 1.39. The first kappa shape index (κ1) is 20.5. The van der Waals surface area contributed by atoms with Gasteiger partial charge in [0.05, 0.1) is 18.0 Å². The van der Waals surface area contributed by atoms with Gasteiger partial charge in [0, 0.05) is 28.1 Å². The number of aromatic nitrogens is 1. The smallest absolute Gasteiger partial charge is 0.349 e. The van der Waals surface area contributed by atoms with E-state index in [-0.39, 0.29) is 16.5 Å². The summed E-state index contributed by atoms with van der Waals surface area (Å²) in [5, 5.41) is 2.10. The van der Waals surface area contributed by atoms with E-state index in [1.807, 2.05) is 0 Å². The number of carbonyl (C=O) groups excluding carboxylic acids is 1. The molecule has 0 aliphatic heterocycles. The molecule has 1 heterocycles. The van der Waals surface area contributed by atoms with Crippen LogP contribution in [0.5, 0.6) is 0 Å². The Labute approximate surface area is 161 Å². The van der Waals surface area contributed by atoms with Crippen LogP contribution < -0.4 is 10.9 Å². The molecule has 29 heavy (non-hydrogen) atoms. The van der Waals surface area contributed by atoms with Crippen LogP contribution in [0.1, 0.15) is 29.7 Å². The zero-order chi connectivity index (χ0) is 21.3. The molecule has 3 rings (SSSR count). The normalized spacial score (nSPS) is 12.8. The average Bonchev–Trinajstić information content (AvgIpc) is 2.60. The van der Waals surface area contributed by atoms with Crippen molar-refractivity contribution in [3.63, 3.8) is 0 Å². The molecule has 9 heteroatoms. The molecule has 0 saturated carbocycles. The summed E-state index contributed by atoms with van der Waals surface area (Å²) >= 11 is 0. The molecule has 0 radical (unpaired) electrons. The number of halogens is 5. The third-order valence-electron chi connectivity index (χ3n) is 4.45. The molecule has 0 fully saturated rings. The van der Waals surface area contributed by atoms with Crippen molar-refractivity contribution in [1.29, 1.82) is 0 Å². The van der Waals surface area contributed by atoms with Crippen LogP contribution in [0, 0.1) is 11.6 Å². The summed E-state index contributed by atoms with van der Waals surface area (Å²) in [5.41, 5.74) is -3.00. The van der Waals surface area contributed by atoms with E-state index in [4.69, 9.17) is 0 Å². The highest BCUT2D eigenvalue weighted by molar-refractivity contribution is 5.86. The zero-order valence-corrected chi connectivity index (χ0v) is 15.0. The van der Waals surface area contributed by atoms with Gasteiger partial charge < -0.3 is 10.3 Å². The number of benzene rings is 2. The Bertz CT molecular complexity index is 1140. The lowest BCUT2D eigenvalue weighted by Gasteiger charge is -2.17. The van der Waals surface area contributed by atoms with Crippen LogP contribution in [0.4, 0.5) is 22.0 Å². The molecular weight excluding hydrogens is 395 g/mol. The average molecular weight is 410 g/mol. The zero-order valence-electron chi connectivity index (χ0n) is 15.0. The molecule has 0 spiro atoms. The van der Waals surface area contributed by atoms with Gasteiger partial charge in [-0.05, 0) is 19.1 Å². The summed E-state index contributed by atoms with van der Waals surface area (Å²) in [6, 6.07) is 7.20. The van der Waals surface area contributed by atoms with E-state index >= 15 is 0 Å². The summed E-state index contributed by atoms with van der Waals surface area (Å²) in [5.74, 6) is -2.62. The van der Waals surface area contributed by atoms with Gasteiger partial charge in [-0.1, -0.05) is 24.3 Å². The monoisotopic (exact) mass is 410 g/mol. The lowest BCUT2D eigenvalue weighted by Crippen LogP contribution is -2.32. The second-order valence-corrected chi connectivity index (χ2v) is 6.48. The topological polar surface area (TPSA) is 62.0 Å². The quantitative estimate of drug-likeness (QED) is 0.632. The number of carbonyl (C=O) groups is 1. The van der Waals surface area contributed by atoms with E-state index < -0.39 is 52.9 Å². The maximum atomic E-state index is 13.8. The third-order valence-corrected chi connectivity index (χ3v) is 4.45. The van der Waals surface area contributed by atoms with E-state index in [9.17, 15) is 31.5 Å². The fourth-order valence-electron chi connectivity index (χ4n) is 3.16. The molecule has 1 atom stereocenters. The van der Waals surface area contributed by atoms with Crippen molar-refractivity contribution in [2.45, 2.75) is 25.6 Å². The number of rotatable bonds is 4. The Morgan fingerprint density at radius 1 is 1.14 bits per heavy atom. The third kappa shape index (κ3) is 4.28. The highest BCUT2D eigenvalue weighted by Gasteiger charge is 2.37. The highest BCUT2D eigenvalue weighted by atomic mass is 19.4. The molecule has 1 aromatic heterocycles. The van der Waals surface area contributed by atoms with Crippen LogP contribution in [0.3, 0.4) is 0 Å². The summed E-state index contributed by atoms with van der Waals surface area (Å²) in [6.07, 6.45) is -5.72. The maximum Gasteiger partial charge on any atom is 0.417 e. The molecule has 0 unspecified atom stereocenters. The fraction of sp³-hybridized carbons (Fsp3) is 0.200.